The molecule has 1 fully saturated rings. The van der Waals surface area contributed by atoms with Gasteiger partial charge in [-0.25, -0.2) is 0 Å². The molecule has 0 aromatic heterocycles. The Morgan fingerprint density at radius 1 is 1.19 bits per heavy atom. The molecule has 1 aromatic carbocycles. The van der Waals surface area contributed by atoms with E-state index in [0.29, 0.717) is 0 Å². The lowest BCUT2D eigenvalue weighted by Gasteiger charge is -1.85. The largest absolute Gasteiger partial charge is 0.377 e. The van der Waals surface area contributed by atoms with E-state index in [0.717, 1.165) is 18.8 Å². The Morgan fingerprint density at radius 3 is 1.81 bits per heavy atom. The lowest BCUT2D eigenvalue weighted by atomic mass is 10.2. The van der Waals surface area contributed by atoms with Gasteiger partial charge in [-0.3, -0.25) is 0 Å². The first-order valence-corrected chi connectivity index (χ1v) is 5.24. The van der Waals surface area contributed by atoms with Crippen LogP contribution in [0.4, 0.5) is 0 Å². The quantitative estimate of drug-likeness (QED) is 0.535. The van der Waals surface area contributed by atoms with E-state index in [-0.39, 0.29) is 0 Å². The maximum Gasteiger partial charge on any atom is 0.0701 e. The Labute approximate surface area is 98.8 Å². The van der Waals surface area contributed by atoms with Gasteiger partial charge in [0.2, 0.25) is 0 Å². The maximum absolute atomic E-state index is 4.50. The molecule has 1 aromatic rings. The van der Waals surface area contributed by atoms with Gasteiger partial charge in [-0.15, -0.1) is 0 Å². The lowest BCUT2D eigenvalue weighted by molar-refractivity contribution is 0.475. The van der Waals surface area contributed by atoms with Crippen LogP contribution in [-0.4, -0.2) is 13.2 Å². The Kier molecular flexibility index (Phi) is 8.94. The van der Waals surface area contributed by atoms with E-state index in [4.69, 9.17) is 0 Å². The summed E-state index contributed by atoms with van der Waals surface area (Å²) in [6.45, 7) is 14.6. The maximum atomic E-state index is 4.50. The highest BCUT2D eigenvalue weighted by Crippen LogP contribution is 1.97. The number of allylic oxidation sites excluding steroid dienone is 2. The molecule has 0 atom stereocenters. The van der Waals surface area contributed by atoms with Crippen molar-refractivity contribution in [1.29, 1.82) is 0 Å². The van der Waals surface area contributed by atoms with Gasteiger partial charge in [0.15, 0.2) is 0 Å². The molecule has 0 N–H and O–H groups in total. The molecule has 1 aliphatic heterocycles. The second-order valence-corrected chi connectivity index (χ2v) is 3.28. The monoisotopic (exact) mass is 216 g/mol. The van der Waals surface area contributed by atoms with E-state index in [2.05, 4.69) is 24.5 Å². The fourth-order valence-corrected chi connectivity index (χ4v) is 0.589. The van der Waals surface area contributed by atoms with Crippen molar-refractivity contribution in [2.75, 3.05) is 13.2 Å². The topological polar surface area (TPSA) is 12.5 Å². The van der Waals surface area contributed by atoms with E-state index in [1.165, 1.54) is 5.56 Å². The van der Waals surface area contributed by atoms with Crippen LogP contribution in [0.1, 0.15) is 12.5 Å². The van der Waals surface area contributed by atoms with Crippen LogP contribution in [0.5, 0.6) is 0 Å². The summed E-state index contributed by atoms with van der Waals surface area (Å²) in [7, 11) is 0. The third-order valence-corrected chi connectivity index (χ3v) is 1.59. The molecule has 0 aliphatic carbocycles. The average Bonchev–Trinajstić information content (AvgIpc) is 3.18. The molecular formula is C15H20O. The van der Waals surface area contributed by atoms with Crippen molar-refractivity contribution in [2.45, 2.75) is 6.92 Å². The molecule has 0 saturated carbocycles. The predicted octanol–water partition coefficient (Wildman–Crippen LogP) is 4.09. The summed E-state index contributed by atoms with van der Waals surface area (Å²) in [6.07, 6.45) is 3.56. The fourth-order valence-electron chi connectivity index (χ4n) is 0.589. The predicted molar refractivity (Wildman–Crippen MR) is 72.4 cm³/mol. The summed E-state index contributed by atoms with van der Waals surface area (Å²) in [5.74, 6) is 0. The standard InChI is InChI=1S/C8H8.C5H8.C2H4O/c1-2-8-6-4-3-5-7-8;1-4-5(2)3;1-2-3-1/h2-7H,1H2;4H,1-2H2,3H3;1-2H2. The summed E-state index contributed by atoms with van der Waals surface area (Å²) in [4.78, 5) is 0. The van der Waals surface area contributed by atoms with Crippen LogP contribution in [0.25, 0.3) is 6.08 Å². The van der Waals surface area contributed by atoms with E-state index < -0.39 is 0 Å². The Morgan fingerprint density at radius 2 is 1.62 bits per heavy atom. The number of benzene rings is 1. The minimum absolute atomic E-state index is 1.00. The molecule has 0 unspecified atom stereocenters. The van der Waals surface area contributed by atoms with Gasteiger partial charge < -0.3 is 4.74 Å². The van der Waals surface area contributed by atoms with Crippen molar-refractivity contribution in [3.8, 4) is 0 Å². The number of rotatable bonds is 2. The molecular weight excluding hydrogens is 196 g/mol. The number of ether oxygens (including phenoxy) is 1. The normalized spacial score (nSPS) is 10.8. The van der Waals surface area contributed by atoms with Gasteiger partial charge in [0.1, 0.15) is 0 Å². The molecule has 1 heterocycles. The van der Waals surface area contributed by atoms with Gasteiger partial charge >= 0.3 is 0 Å². The third-order valence-electron chi connectivity index (χ3n) is 1.59. The van der Waals surface area contributed by atoms with Crippen LogP contribution < -0.4 is 0 Å². The van der Waals surface area contributed by atoms with Crippen LogP contribution >= 0.6 is 0 Å². The third kappa shape index (κ3) is 12.4. The molecule has 2 rings (SSSR count). The molecule has 1 heteroatoms. The van der Waals surface area contributed by atoms with Crippen molar-refractivity contribution in [3.63, 3.8) is 0 Å². The van der Waals surface area contributed by atoms with E-state index in [1.54, 1.807) is 6.08 Å². The molecule has 1 nitrogen and oxygen atoms in total. The second kappa shape index (κ2) is 9.94. The molecule has 86 valence electrons. The van der Waals surface area contributed by atoms with Crippen molar-refractivity contribution in [1.82, 2.24) is 0 Å². The molecule has 0 bridgehead atoms. The Hall–Kier alpha value is -1.60. The van der Waals surface area contributed by atoms with E-state index >= 15 is 0 Å². The lowest BCUT2D eigenvalue weighted by Crippen LogP contribution is -1.63. The smallest absolute Gasteiger partial charge is 0.0701 e. The summed E-state index contributed by atoms with van der Waals surface area (Å²) in [6, 6.07) is 10.0. The highest BCUT2D eigenvalue weighted by atomic mass is 16.6. The van der Waals surface area contributed by atoms with Crippen LogP contribution in [0, 0.1) is 0 Å². The summed E-state index contributed by atoms with van der Waals surface area (Å²) < 4.78 is 4.50. The van der Waals surface area contributed by atoms with E-state index in [9.17, 15) is 0 Å². The van der Waals surface area contributed by atoms with Gasteiger partial charge in [-0.1, -0.05) is 67.8 Å². The van der Waals surface area contributed by atoms with Crippen LogP contribution in [0.2, 0.25) is 0 Å². The first-order chi connectivity index (χ1) is 7.70. The Bertz CT molecular complexity index is 307. The molecule has 16 heavy (non-hydrogen) atoms. The van der Waals surface area contributed by atoms with Gasteiger partial charge in [0.25, 0.3) is 0 Å². The number of hydrogen-bond acceptors (Lipinski definition) is 1. The van der Waals surface area contributed by atoms with Crippen LogP contribution in [-0.2, 0) is 4.74 Å². The van der Waals surface area contributed by atoms with Crippen molar-refractivity contribution < 1.29 is 4.74 Å². The highest BCUT2D eigenvalue weighted by molar-refractivity contribution is 5.45. The van der Waals surface area contributed by atoms with Gasteiger partial charge in [-0.05, 0) is 12.5 Å². The zero-order valence-corrected chi connectivity index (χ0v) is 9.99. The van der Waals surface area contributed by atoms with Gasteiger partial charge in [-0.2, -0.15) is 0 Å². The van der Waals surface area contributed by atoms with Crippen molar-refractivity contribution in [2.24, 2.45) is 0 Å². The zero-order valence-electron chi connectivity index (χ0n) is 9.99. The molecule has 0 radical (unpaired) electrons. The highest BCUT2D eigenvalue weighted by Gasteiger charge is 1.94. The van der Waals surface area contributed by atoms with Gasteiger partial charge in [0.05, 0.1) is 13.2 Å². The zero-order chi connectivity index (χ0) is 12.2. The second-order valence-electron chi connectivity index (χ2n) is 3.28. The molecule has 0 spiro atoms. The number of hydrogen-bond donors (Lipinski definition) is 0. The summed E-state index contributed by atoms with van der Waals surface area (Å²) in [5, 5.41) is 0. The molecule has 1 saturated heterocycles. The molecule has 1 aliphatic rings. The van der Waals surface area contributed by atoms with Crippen molar-refractivity contribution >= 4 is 6.08 Å². The average molecular weight is 216 g/mol. The van der Waals surface area contributed by atoms with E-state index in [1.807, 2.05) is 43.3 Å². The fraction of sp³-hybridized carbons (Fsp3) is 0.200. The first-order valence-electron chi connectivity index (χ1n) is 5.24. The summed E-state index contributed by atoms with van der Waals surface area (Å²) >= 11 is 0. The van der Waals surface area contributed by atoms with Gasteiger partial charge in [0, 0.05) is 0 Å². The van der Waals surface area contributed by atoms with Crippen molar-refractivity contribution in [3.05, 3.63) is 67.3 Å². The SMILES string of the molecule is C1CO1.C=CC(=C)C.C=Cc1ccccc1. The Balaban J connectivity index is 0.000000239. The summed E-state index contributed by atoms with van der Waals surface area (Å²) in [5.41, 5.74) is 2.19. The molecule has 0 amide bonds. The minimum Gasteiger partial charge on any atom is -0.377 e. The first kappa shape index (κ1) is 14.4. The van der Waals surface area contributed by atoms with Crippen LogP contribution in [0.3, 0.4) is 0 Å². The number of epoxide rings is 1. The van der Waals surface area contributed by atoms with Crippen LogP contribution in [0.15, 0.2) is 61.7 Å². The minimum atomic E-state index is 1.00.